The maximum atomic E-state index is 13.8. The fourth-order valence-electron chi connectivity index (χ4n) is 3.46. The molecule has 0 amide bonds. The van der Waals surface area contributed by atoms with E-state index in [1.54, 1.807) is 6.07 Å². The zero-order valence-electron chi connectivity index (χ0n) is 15.3. The molecule has 1 unspecified atom stereocenters. The quantitative estimate of drug-likeness (QED) is 0.857. The van der Waals surface area contributed by atoms with Gasteiger partial charge in [0.25, 0.3) is 0 Å². The Labute approximate surface area is 153 Å². The molecule has 138 valence electrons. The summed E-state index contributed by atoms with van der Waals surface area (Å²) in [4.78, 5) is 0. The molecule has 0 aliphatic carbocycles. The van der Waals surface area contributed by atoms with E-state index in [1.165, 1.54) is 12.1 Å². The molecule has 3 rings (SSSR count). The van der Waals surface area contributed by atoms with Crippen LogP contribution in [0.5, 0.6) is 0 Å². The molecule has 1 saturated heterocycles. The van der Waals surface area contributed by atoms with Gasteiger partial charge in [-0.2, -0.15) is 10.4 Å². The van der Waals surface area contributed by atoms with E-state index in [-0.39, 0.29) is 17.7 Å². The van der Waals surface area contributed by atoms with Crippen molar-refractivity contribution in [3.8, 4) is 6.07 Å². The van der Waals surface area contributed by atoms with Crippen molar-refractivity contribution in [2.75, 3.05) is 13.2 Å². The fourth-order valence-corrected chi connectivity index (χ4v) is 3.46. The van der Waals surface area contributed by atoms with Gasteiger partial charge in [0.05, 0.1) is 17.9 Å². The second kappa shape index (κ2) is 8.43. The van der Waals surface area contributed by atoms with Crippen molar-refractivity contribution in [2.24, 2.45) is 5.92 Å². The second-order valence-electron chi connectivity index (χ2n) is 6.80. The van der Waals surface area contributed by atoms with Gasteiger partial charge in [0.2, 0.25) is 0 Å². The van der Waals surface area contributed by atoms with E-state index in [9.17, 15) is 4.39 Å². The molecule has 1 N–H and O–H groups in total. The first-order valence-corrected chi connectivity index (χ1v) is 9.19. The summed E-state index contributed by atoms with van der Waals surface area (Å²) in [5.74, 6) is -0.117. The van der Waals surface area contributed by atoms with Crippen LogP contribution >= 0.6 is 0 Å². The Morgan fingerprint density at radius 1 is 1.50 bits per heavy atom. The maximum absolute atomic E-state index is 13.8. The molecule has 5 nitrogen and oxygen atoms in total. The van der Waals surface area contributed by atoms with Gasteiger partial charge in [0, 0.05) is 43.4 Å². The molecule has 1 aromatic carbocycles. The van der Waals surface area contributed by atoms with Crippen LogP contribution in [0.2, 0.25) is 0 Å². The third-order valence-corrected chi connectivity index (χ3v) is 5.05. The largest absolute Gasteiger partial charge is 0.373 e. The third-order valence-electron chi connectivity index (χ3n) is 5.05. The summed E-state index contributed by atoms with van der Waals surface area (Å²) in [6.07, 6.45) is 6.13. The molecule has 1 aromatic heterocycles. The molecule has 2 heterocycles. The summed E-state index contributed by atoms with van der Waals surface area (Å²) < 4.78 is 21.8. The number of aromatic nitrogens is 2. The Kier molecular flexibility index (Phi) is 6.02. The van der Waals surface area contributed by atoms with Crippen molar-refractivity contribution < 1.29 is 9.13 Å². The summed E-state index contributed by atoms with van der Waals surface area (Å²) in [7, 11) is 0. The molecule has 0 bridgehead atoms. The van der Waals surface area contributed by atoms with E-state index < -0.39 is 5.82 Å². The van der Waals surface area contributed by atoms with Gasteiger partial charge in [-0.1, -0.05) is 6.07 Å². The number of aryl methyl sites for hydroxylation is 1. The predicted molar refractivity (Wildman–Crippen MR) is 96.9 cm³/mol. The summed E-state index contributed by atoms with van der Waals surface area (Å²) in [6, 6.07) is 6.64. The van der Waals surface area contributed by atoms with Gasteiger partial charge in [-0.05, 0) is 44.4 Å². The van der Waals surface area contributed by atoms with E-state index in [0.717, 1.165) is 43.7 Å². The van der Waals surface area contributed by atoms with Crippen LogP contribution in [0.25, 0.3) is 0 Å². The van der Waals surface area contributed by atoms with Crippen LogP contribution in [0.3, 0.4) is 0 Å². The lowest BCUT2D eigenvalue weighted by Gasteiger charge is -2.32. The number of nitrogens with zero attached hydrogens (tertiary/aromatic N) is 3. The lowest BCUT2D eigenvalue weighted by atomic mass is 9.90. The van der Waals surface area contributed by atoms with Crippen LogP contribution in [0.15, 0.2) is 30.6 Å². The van der Waals surface area contributed by atoms with Crippen LogP contribution < -0.4 is 5.32 Å². The number of hydrogen-bond acceptors (Lipinski definition) is 4. The van der Waals surface area contributed by atoms with Crippen molar-refractivity contribution >= 4 is 0 Å². The molecule has 1 aliphatic rings. The van der Waals surface area contributed by atoms with Crippen LogP contribution in [-0.4, -0.2) is 22.9 Å². The Morgan fingerprint density at radius 2 is 2.35 bits per heavy atom. The molecule has 26 heavy (non-hydrogen) atoms. The van der Waals surface area contributed by atoms with Gasteiger partial charge in [-0.3, -0.25) is 4.68 Å². The van der Waals surface area contributed by atoms with Crippen LogP contribution in [0.4, 0.5) is 4.39 Å². The van der Waals surface area contributed by atoms with Crippen LogP contribution in [-0.2, 0) is 11.3 Å². The topological polar surface area (TPSA) is 62.9 Å². The molecule has 1 fully saturated rings. The molecular formula is C20H25FN4O. The molecule has 3 atom stereocenters. The number of nitriles is 1. The molecule has 1 aliphatic heterocycles. The lowest BCUT2D eigenvalue weighted by molar-refractivity contribution is -0.0284. The van der Waals surface area contributed by atoms with Gasteiger partial charge >= 0.3 is 0 Å². The Bertz CT molecular complexity index is 782. The minimum absolute atomic E-state index is 0.00168. The van der Waals surface area contributed by atoms with E-state index in [4.69, 9.17) is 10.00 Å². The first kappa shape index (κ1) is 18.6. The minimum Gasteiger partial charge on any atom is -0.373 e. The number of benzene rings is 1. The van der Waals surface area contributed by atoms with E-state index in [1.807, 2.05) is 23.9 Å². The van der Waals surface area contributed by atoms with Gasteiger partial charge in [0.1, 0.15) is 11.9 Å². The molecule has 0 radical (unpaired) electrons. The monoisotopic (exact) mass is 356 g/mol. The van der Waals surface area contributed by atoms with Crippen LogP contribution in [0, 0.1) is 23.1 Å². The van der Waals surface area contributed by atoms with Crippen molar-refractivity contribution in [3.63, 3.8) is 0 Å². The predicted octanol–water partition coefficient (Wildman–Crippen LogP) is 3.73. The number of halogens is 1. The normalized spacial score (nSPS) is 21.3. The van der Waals surface area contributed by atoms with Crippen LogP contribution in [0.1, 0.15) is 55.5 Å². The Balaban J connectivity index is 1.64. The van der Waals surface area contributed by atoms with Crippen molar-refractivity contribution in [1.29, 1.82) is 5.26 Å². The average molecular weight is 356 g/mol. The fraction of sp³-hybridized carbons (Fsp3) is 0.500. The molecule has 6 heteroatoms. The van der Waals surface area contributed by atoms with Gasteiger partial charge in [-0.25, -0.2) is 4.39 Å². The standard InChI is InChI=1S/C20H25FN4O/c1-3-25-13-18(12-24-25)20-17(5-4-8-26-20)11-23-14(2)15-6-7-16(10-22)19(21)9-15/h6-7,9,12-14,17,20,23H,3-5,8,11H2,1-2H3/t14?,17-,20+/m0/s1. The maximum Gasteiger partial charge on any atom is 0.141 e. The number of nitrogens with one attached hydrogen (secondary N) is 1. The summed E-state index contributed by atoms with van der Waals surface area (Å²) in [5, 5.41) is 16.7. The van der Waals surface area contributed by atoms with Crippen molar-refractivity contribution in [1.82, 2.24) is 15.1 Å². The smallest absolute Gasteiger partial charge is 0.141 e. The highest BCUT2D eigenvalue weighted by Gasteiger charge is 2.28. The SMILES string of the molecule is CCn1cc([C@@H]2OCCC[C@H]2CNC(C)c2ccc(C#N)c(F)c2)cn1. The average Bonchev–Trinajstić information content (AvgIpc) is 3.15. The van der Waals surface area contributed by atoms with Gasteiger partial charge in [-0.15, -0.1) is 0 Å². The minimum atomic E-state index is -0.468. The summed E-state index contributed by atoms with van der Waals surface area (Å²) in [6.45, 7) is 6.47. The zero-order valence-corrected chi connectivity index (χ0v) is 15.3. The molecule has 0 spiro atoms. The van der Waals surface area contributed by atoms with Gasteiger partial charge < -0.3 is 10.1 Å². The molecule has 0 saturated carbocycles. The number of hydrogen-bond donors (Lipinski definition) is 1. The van der Waals surface area contributed by atoms with E-state index in [2.05, 4.69) is 23.5 Å². The van der Waals surface area contributed by atoms with Crippen molar-refractivity contribution in [2.45, 2.75) is 45.4 Å². The highest BCUT2D eigenvalue weighted by molar-refractivity contribution is 5.34. The number of rotatable bonds is 6. The Morgan fingerprint density at radius 3 is 3.04 bits per heavy atom. The van der Waals surface area contributed by atoms with E-state index >= 15 is 0 Å². The third kappa shape index (κ3) is 4.12. The molecule has 2 aromatic rings. The zero-order chi connectivity index (χ0) is 18.5. The first-order valence-electron chi connectivity index (χ1n) is 9.19. The first-order chi connectivity index (χ1) is 12.6. The summed E-state index contributed by atoms with van der Waals surface area (Å²) >= 11 is 0. The lowest BCUT2D eigenvalue weighted by Crippen LogP contribution is -2.33. The highest BCUT2D eigenvalue weighted by Crippen LogP contribution is 2.33. The highest BCUT2D eigenvalue weighted by atomic mass is 19.1. The van der Waals surface area contributed by atoms with Crippen molar-refractivity contribution in [3.05, 3.63) is 53.1 Å². The second-order valence-corrected chi connectivity index (χ2v) is 6.80. The van der Waals surface area contributed by atoms with E-state index in [0.29, 0.717) is 5.92 Å². The van der Waals surface area contributed by atoms with Gasteiger partial charge in [0.15, 0.2) is 0 Å². The summed E-state index contributed by atoms with van der Waals surface area (Å²) in [5.41, 5.74) is 2.04. The molecular weight excluding hydrogens is 331 g/mol. The number of ether oxygens (including phenoxy) is 1. The Hall–Kier alpha value is -2.23.